The summed E-state index contributed by atoms with van der Waals surface area (Å²) >= 11 is 4.93. The summed E-state index contributed by atoms with van der Waals surface area (Å²) in [5.41, 5.74) is 0.787. The molecule has 2 heterocycles. The van der Waals surface area contributed by atoms with Crippen molar-refractivity contribution in [1.82, 2.24) is 14.8 Å². The fourth-order valence-corrected chi connectivity index (χ4v) is 4.51. The van der Waals surface area contributed by atoms with E-state index < -0.39 is 0 Å². The number of anilines is 2. The van der Waals surface area contributed by atoms with Gasteiger partial charge in [-0.3, -0.25) is 9.36 Å². The van der Waals surface area contributed by atoms with E-state index in [9.17, 15) is 4.79 Å². The standard InChI is InChI=1S/C19H24BrN5OS/c1-13-8-10-24(11-9-13)18-22-23-19(25(18)14-6-7-14)27-12-17(26)21-16-5-3-2-4-15(16)20/h2-5,13-14H,6-12H2,1H3,(H,21,26). The maximum absolute atomic E-state index is 12.4. The molecular formula is C19H24BrN5OS. The Kier molecular flexibility index (Phi) is 5.73. The van der Waals surface area contributed by atoms with E-state index in [0.29, 0.717) is 11.8 Å². The summed E-state index contributed by atoms with van der Waals surface area (Å²) in [7, 11) is 0. The van der Waals surface area contributed by atoms with Crippen molar-refractivity contribution in [1.29, 1.82) is 0 Å². The molecule has 1 amide bonds. The number of amides is 1. The van der Waals surface area contributed by atoms with Crippen LogP contribution in [0, 0.1) is 5.92 Å². The van der Waals surface area contributed by atoms with Crippen LogP contribution in [0.5, 0.6) is 0 Å². The summed E-state index contributed by atoms with van der Waals surface area (Å²) in [4.78, 5) is 14.7. The molecule has 27 heavy (non-hydrogen) atoms. The molecule has 2 aliphatic rings. The van der Waals surface area contributed by atoms with Crippen LogP contribution in [-0.4, -0.2) is 39.5 Å². The number of hydrogen-bond acceptors (Lipinski definition) is 5. The van der Waals surface area contributed by atoms with Crippen LogP contribution in [0.3, 0.4) is 0 Å². The zero-order valence-electron chi connectivity index (χ0n) is 15.4. The molecular weight excluding hydrogens is 426 g/mol. The Balaban J connectivity index is 1.42. The smallest absolute Gasteiger partial charge is 0.234 e. The number of aromatic nitrogens is 3. The predicted octanol–water partition coefficient (Wildman–Crippen LogP) is 4.34. The zero-order chi connectivity index (χ0) is 18.8. The van der Waals surface area contributed by atoms with E-state index >= 15 is 0 Å². The van der Waals surface area contributed by atoms with Gasteiger partial charge >= 0.3 is 0 Å². The largest absolute Gasteiger partial charge is 0.341 e. The van der Waals surface area contributed by atoms with E-state index in [0.717, 1.165) is 40.3 Å². The average Bonchev–Trinajstić information content (AvgIpc) is 3.42. The quantitative estimate of drug-likeness (QED) is 0.664. The lowest BCUT2D eigenvalue weighted by Gasteiger charge is -2.31. The van der Waals surface area contributed by atoms with Gasteiger partial charge in [-0.05, 0) is 59.7 Å². The number of thioether (sulfide) groups is 1. The third kappa shape index (κ3) is 4.48. The molecule has 8 heteroatoms. The van der Waals surface area contributed by atoms with Gasteiger partial charge in [-0.2, -0.15) is 0 Å². The van der Waals surface area contributed by atoms with Gasteiger partial charge in [-0.1, -0.05) is 30.8 Å². The van der Waals surface area contributed by atoms with E-state index in [1.165, 1.54) is 37.4 Å². The number of carbonyl (C=O) groups is 1. The number of rotatable bonds is 6. The number of nitrogens with zero attached hydrogens (tertiary/aromatic N) is 4. The molecule has 1 N–H and O–H groups in total. The van der Waals surface area contributed by atoms with E-state index in [1.807, 2.05) is 24.3 Å². The Labute approximate surface area is 172 Å². The van der Waals surface area contributed by atoms with Crippen LogP contribution in [0.15, 0.2) is 33.9 Å². The molecule has 6 nitrogen and oxygen atoms in total. The van der Waals surface area contributed by atoms with Crippen LogP contribution in [0.4, 0.5) is 11.6 Å². The molecule has 144 valence electrons. The first-order valence-corrected chi connectivity index (χ1v) is 11.3. The van der Waals surface area contributed by atoms with Crippen LogP contribution in [0.2, 0.25) is 0 Å². The van der Waals surface area contributed by atoms with Gasteiger partial charge in [-0.15, -0.1) is 10.2 Å². The fraction of sp³-hybridized carbons (Fsp3) is 0.526. The Morgan fingerprint density at radius 3 is 2.67 bits per heavy atom. The second-order valence-electron chi connectivity index (χ2n) is 7.37. The van der Waals surface area contributed by atoms with Crippen LogP contribution >= 0.6 is 27.7 Å². The van der Waals surface area contributed by atoms with Gasteiger partial charge in [0.1, 0.15) is 0 Å². The van der Waals surface area contributed by atoms with Crippen molar-refractivity contribution in [3.05, 3.63) is 28.7 Å². The molecule has 1 saturated carbocycles. The normalized spacial score (nSPS) is 17.9. The van der Waals surface area contributed by atoms with Crippen molar-refractivity contribution < 1.29 is 4.79 Å². The third-order valence-electron chi connectivity index (χ3n) is 5.11. The summed E-state index contributed by atoms with van der Waals surface area (Å²) in [6.45, 7) is 4.40. The summed E-state index contributed by atoms with van der Waals surface area (Å²) in [5, 5.41) is 12.7. The Morgan fingerprint density at radius 1 is 1.22 bits per heavy atom. The lowest BCUT2D eigenvalue weighted by atomic mass is 10.00. The highest BCUT2D eigenvalue weighted by Crippen LogP contribution is 2.41. The second kappa shape index (κ2) is 8.22. The summed E-state index contributed by atoms with van der Waals surface area (Å²) < 4.78 is 3.14. The molecule has 0 unspecified atom stereocenters. The highest BCUT2D eigenvalue weighted by molar-refractivity contribution is 9.10. The zero-order valence-corrected chi connectivity index (χ0v) is 17.8. The minimum absolute atomic E-state index is 0.0365. The van der Waals surface area contributed by atoms with E-state index in [2.05, 4.69) is 47.8 Å². The number of carbonyl (C=O) groups excluding carboxylic acids is 1. The van der Waals surface area contributed by atoms with Crippen molar-refractivity contribution in [2.75, 3.05) is 29.1 Å². The molecule has 0 spiro atoms. The number of hydrogen-bond donors (Lipinski definition) is 1. The molecule has 1 saturated heterocycles. The van der Waals surface area contributed by atoms with Crippen LogP contribution in [-0.2, 0) is 4.79 Å². The van der Waals surface area contributed by atoms with Gasteiger partial charge in [0.2, 0.25) is 11.9 Å². The first-order chi connectivity index (χ1) is 13.1. The average molecular weight is 450 g/mol. The topological polar surface area (TPSA) is 63.1 Å². The maximum Gasteiger partial charge on any atom is 0.234 e. The Morgan fingerprint density at radius 2 is 1.96 bits per heavy atom. The monoisotopic (exact) mass is 449 g/mol. The van der Waals surface area contributed by atoms with Gasteiger partial charge < -0.3 is 10.2 Å². The van der Waals surface area contributed by atoms with Gasteiger partial charge in [0.25, 0.3) is 0 Å². The van der Waals surface area contributed by atoms with E-state index in [1.54, 1.807) is 0 Å². The molecule has 1 aliphatic heterocycles. The number of piperidine rings is 1. The van der Waals surface area contributed by atoms with Crippen LogP contribution in [0.25, 0.3) is 0 Å². The highest BCUT2D eigenvalue weighted by atomic mass is 79.9. The maximum atomic E-state index is 12.4. The molecule has 0 atom stereocenters. The SMILES string of the molecule is CC1CCN(c2nnc(SCC(=O)Nc3ccccc3Br)n2C2CC2)CC1. The predicted molar refractivity (Wildman–Crippen MR) is 112 cm³/mol. The first-order valence-electron chi connectivity index (χ1n) is 9.49. The molecule has 0 radical (unpaired) electrons. The Hall–Kier alpha value is -1.54. The number of benzene rings is 1. The molecule has 1 aliphatic carbocycles. The summed E-state index contributed by atoms with van der Waals surface area (Å²) in [6, 6.07) is 8.12. The molecule has 2 fully saturated rings. The lowest BCUT2D eigenvalue weighted by Crippen LogP contribution is -2.34. The third-order valence-corrected chi connectivity index (χ3v) is 6.74. The summed E-state index contributed by atoms with van der Waals surface area (Å²) in [5.74, 6) is 2.06. The molecule has 4 rings (SSSR count). The van der Waals surface area contributed by atoms with Crippen molar-refractivity contribution in [3.8, 4) is 0 Å². The minimum Gasteiger partial charge on any atom is -0.341 e. The molecule has 1 aromatic carbocycles. The summed E-state index contributed by atoms with van der Waals surface area (Å²) in [6.07, 6.45) is 4.75. The molecule has 1 aromatic heterocycles. The van der Waals surface area contributed by atoms with E-state index in [4.69, 9.17) is 0 Å². The molecule has 0 bridgehead atoms. The van der Waals surface area contributed by atoms with E-state index in [-0.39, 0.29) is 5.91 Å². The first kappa shape index (κ1) is 18.8. The minimum atomic E-state index is -0.0365. The van der Waals surface area contributed by atoms with Crippen molar-refractivity contribution in [2.45, 2.75) is 43.8 Å². The fourth-order valence-electron chi connectivity index (χ4n) is 3.32. The Bertz CT molecular complexity index is 814. The number of para-hydroxylation sites is 1. The number of nitrogens with one attached hydrogen (secondary N) is 1. The lowest BCUT2D eigenvalue weighted by molar-refractivity contribution is -0.113. The second-order valence-corrected chi connectivity index (χ2v) is 9.17. The van der Waals surface area contributed by atoms with Crippen molar-refractivity contribution in [2.24, 2.45) is 5.92 Å². The van der Waals surface area contributed by atoms with Gasteiger partial charge in [0.05, 0.1) is 11.4 Å². The van der Waals surface area contributed by atoms with Crippen LogP contribution in [0.1, 0.15) is 38.6 Å². The van der Waals surface area contributed by atoms with Gasteiger partial charge in [0.15, 0.2) is 5.16 Å². The molecule has 2 aromatic rings. The highest BCUT2D eigenvalue weighted by Gasteiger charge is 2.32. The number of halogens is 1. The van der Waals surface area contributed by atoms with Gasteiger partial charge in [-0.25, -0.2) is 0 Å². The van der Waals surface area contributed by atoms with Gasteiger partial charge in [0, 0.05) is 23.6 Å². The van der Waals surface area contributed by atoms with Crippen molar-refractivity contribution in [3.63, 3.8) is 0 Å². The van der Waals surface area contributed by atoms with Crippen molar-refractivity contribution >= 4 is 45.2 Å². The van der Waals surface area contributed by atoms with Crippen LogP contribution < -0.4 is 10.2 Å².